The summed E-state index contributed by atoms with van der Waals surface area (Å²) in [7, 11) is 0. The quantitative estimate of drug-likeness (QED) is 0.439. The van der Waals surface area contributed by atoms with Crippen LogP contribution in [0.5, 0.6) is 0 Å². The van der Waals surface area contributed by atoms with Crippen LogP contribution in [0.3, 0.4) is 0 Å². The minimum atomic E-state index is -0.760. The molecule has 1 aliphatic rings. The van der Waals surface area contributed by atoms with Gasteiger partial charge in [0.05, 0.1) is 17.6 Å². The number of amides is 3. The van der Waals surface area contributed by atoms with Gasteiger partial charge in [0.15, 0.2) is 6.61 Å². The topological polar surface area (TPSA) is 131 Å². The van der Waals surface area contributed by atoms with Crippen molar-refractivity contribution in [3.63, 3.8) is 0 Å². The number of anilines is 1. The highest BCUT2D eigenvalue weighted by Gasteiger charge is 2.36. The summed E-state index contributed by atoms with van der Waals surface area (Å²) in [6.07, 6.45) is -0.332. The van der Waals surface area contributed by atoms with E-state index in [-0.39, 0.29) is 30.5 Å². The van der Waals surface area contributed by atoms with Gasteiger partial charge in [-0.2, -0.15) is 0 Å². The molecule has 184 valence electrons. The lowest BCUT2D eigenvalue weighted by Gasteiger charge is -2.17. The van der Waals surface area contributed by atoms with Crippen LogP contribution in [0.2, 0.25) is 5.02 Å². The fourth-order valence-corrected chi connectivity index (χ4v) is 3.39. The monoisotopic (exact) mass is 501 g/mol. The second-order valence-electron chi connectivity index (χ2n) is 8.02. The Morgan fingerprint density at radius 2 is 1.63 bits per heavy atom. The van der Waals surface area contributed by atoms with Gasteiger partial charge in [-0.05, 0) is 62.4 Å². The molecule has 0 radical (unpaired) electrons. The van der Waals surface area contributed by atoms with Gasteiger partial charge in [-0.3, -0.25) is 30.0 Å². The lowest BCUT2D eigenvalue weighted by atomic mass is 10.1. The highest BCUT2D eigenvalue weighted by molar-refractivity contribution is 6.30. The highest BCUT2D eigenvalue weighted by atomic mass is 35.5. The first-order valence-corrected chi connectivity index (χ1v) is 11.1. The van der Waals surface area contributed by atoms with E-state index in [1.807, 2.05) is 0 Å². The molecule has 1 heterocycles. The number of carbonyl (C=O) groups excluding carboxylic acids is 5. The second-order valence-corrected chi connectivity index (χ2v) is 8.46. The number of hydrazine groups is 1. The van der Waals surface area contributed by atoms with Crippen molar-refractivity contribution in [1.29, 1.82) is 0 Å². The number of nitrogens with zero attached hydrogens (tertiary/aromatic N) is 1. The van der Waals surface area contributed by atoms with E-state index in [2.05, 4.69) is 10.9 Å². The SMILES string of the molecule is CC(C)OC(=O)c1ccc(N2C[C@H](C(=O)OCC(=O)NNC(=O)c3ccc(Cl)cc3)CC2=O)cc1. The van der Waals surface area contributed by atoms with Crippen molar-refractivity contribution in [2.75, 3.05) is 18.1 Å². The molecule has 35 heavy (non-hydrogen) atoms. The number of hydrogen-bond acceptors (Lipinski definition) is 7. The molecular weight excluding hydrogens is 478 g/mol. The number of esters is 2. The molecule has 0 spiro atoms. The second kappa shape index (κ2) is 11.5. The van der Waals surface area contributed by atoms with E-state index in [9.17, 15) is 24.0 Å². The maximum absolute atomic E-state index is 12.4. The summed E-state index contributed by atoms with van der Waals surface area (Å²) in [6.45, 7) is 2.93. The van der Waals surface area contributed by atoms with Gasteiger partial charge in [0.1, 0.15) is 0 Å². The molecule has 2 N–H and O–H groups in total. The van der Waals surface area contributed by atoms with Crippen LogP contribution in [0.4, 0.5) is 5.69 Å². The van der Waals surface area contributed by atoms with Crippen molar-refractivity contribution in [2.45, 2.75) is 26.4 Å². The first kappa shape index (κ1) is 25.7. The number of carbonyl (C=O) groups is 5. The van der Waals surface area contributed by atoms with Crippen molar-refractivity contribution in [3.8, 4) is 0 Å². The summed E-state index contributed by atoms with van der Waals surface area (Å²) >= 11 is 5.76. The summed E-state index contributed by atoms with van der Waals surface area (Å²) in [5, 5.41) is 0.463. The van der Waals surface area contributed by atoms with Crippen molar-refractivity contribution in [2.24, 2.45) is 5.92 Å². The number of benzene rings is 2. The summed E-state index contributed by atoms with van der Waals surface area (Å²) in [6, 6.07) is 12.3. The molecule has 1 fully saturated rings. The van der Waals surface area contributed by atoms with Crippen LogP contribution in [0.1, 0.15) is 41.0 Å². The molecule has 2 aromatic rings. The summed E-state index contributed by atoms with van der Waals surface area (Å²) in [5.41, 5.74) is 5.50. The van der Waals surface area contributed by atoms with Crippen molar-refractivity contribution in [1.82, 2.24) is 10.9 Å². The molecule has 3 rings (SSSR count). The number of ether oxygens (including phenoxy) is 2. The first-order chi connectivity index (χ1) is 16.6. The smallest absolute Gasteiger partial charge is 0.338 e. The van der Waals surface area contributed by atoms with Crippen LogP contribution in [0.25, 0.3) is 0 Å². The Kier molecular flexibility index (Phi) is 8.43. The van der Waals surface area contributed by atoms with E-state index in [0.29, 0.717) is 16.3 Å². The van der Waals surface area contributed by atoms with Gasteiger partial charge in [-0.25, -0.2) is 4.79 Å². The van der Waals surface area contributed by atoms with Crippen LogP contribution < -0.4 is 15.8 Å². The molecule has 1 aliphatic heterocycles. The Hall–Kier alpha value is -3.92. The first-order valence-electron chi connectivity index (χ1n) is 10.8. The average Bonchev–Trinajstić information content (AvgIpc) is 3.22. The van der Waals surface area contributed by atoms with Crippen LogP contribution in [0.15, 0.2) is 48.5 Å². The third kappa shape index (κ3) is 7.03. The number of hydrogen-bond donors (Lipinski definition) is 2. The number of halogens is 1. The van der Waals surface area contributed by atoms with E-state index < -0.39 is 36.3 Å². The molecule has 0 aromatic heterocycles. The zero-order chi connectivity index (χ0) is 25.5. The predicted octanol–water partition coefficient (Wildman–Crippen LogP) is 2.26. The third-order valence-electron chi connectivity index (χ3n) is 4.98. The van der Waals surface area contributed by atoms with Crippen LogP contribution in [-0.2, 0) is 23.9 Å². The van der Waals surface area contributed by atoms with Gasteiger partial charge in [0.25, 0.3) is 11.8 Å². The Morgan fingerprint density at radius 1 is 1.00 bits per heavy atom. The molecule has 2 aromatic carbocycles. The number of nitrogens with one attached hydrogen (secondary N) is 2. The molecule has 1 saturated heterocycles. The van der Waals surface area contributed by atoms with Gasteiger partial charge in [0, 0.05) is 29.2 Å². The zero-order valence-corrected chi connectivity index (χ0v) is 19.8. The molecular formula is C24H24ClN3O7. The molecule has 10 nitrogen and oxygen atoms in total. The fraction of sp³-hybridized carbons (Fsp3) is 0.292. The van der Waals surface area contributed by atoms with Gasteiger partial charge in [-0.1, -0.05) is 11.6 Å². The van der Waals surface area contributed by atoms with Crippen molar-refractivity contribution in [3.05, 3.63) is 64.7 Å². The summed E-state index contributed by atoms with van der Waals surface area (Å²) in [5.74, 6) is -3.54. The van der Waals surface area contributed by atoms with Gasteiger partial charge in [-0.15, -0.1) is 0 Å². The predicted molar refractivity (Wildman–Crippen MR) is 125 cm³/mol. The van der Waals surface area contributed by atoms with Crippen LogP contribution in [0, 0.1) is 5.92 Å². The van der Waals surface area contributed by atoms with E-state index in [0.717, 1.165) is 0 Å². The fourth-order valence-electron chi connectivity index (χ4n) is 3.27. The molecule has 0 unspecified atom stereocenters. The largest absolute Gasteiger partial charge is 0.459 e. The number of rotatable bonds is 7. The Bertz CT molecular complexity index is 1120. The Morgan fingerprint density at radius 3 is 2.26 bits per heavy atom. The maximum Gasteiger partial charge on any atom is 0.338 e. The lowest BCUT2D eigenvalue weighted by molar-refractivity contribution is -0.152. The normalized spacial score (nSPS) is 15.0. The molecule has 11 heteroatoms. The standard InChI is InChI=1S/C24H24ClN3O7/c1-14(2)35-24(33)16-5-9-19(10-6-16)28-12-17(11-21(28)30)23(32)34-13-20(29)26-27-22(31)15-3-7-18(25)8-4-15/h3-10,14,17H,11-13H2,1-2H3,(H,26,29)(H,27,31)/t17-/m1/s1. The third-order valence-corrected chi connectivity index (χ3v) is 5.24. The molecule has 0 bridgehead atoms. The van der Waals surface area contributed by atoms with E-state index in [4.69, 9.17) is 21.1 Å². The van der Waals surface area contributed by atoms with Gasteiger partial charge < -0.3 is 14.4 Å². The summed E-state index contributed by atoms with van der Waals surface area (Å²) in [4.78, 5) is 62.1. The highest BCUT2D eigenvalue weighted by Crippen LogP contribution is 2.26. The molecule has 0 saturated carbocycles. The van der Waals surface area contributed by atoms with Crippen LogP contribution in [-0.4, -0.2) is 48.9 Å². The van der Waals surface area contributed by atoms with Gasteiger partial charge >= 0.3 is 11.9 Å². The average molecular weight is 502 g/mol. The van der Waals surface area contributed by atoms with Gasteiger partial charge in [0.2, 0.25) is 5.91 Å². The van der Waals surface area contributed by atoms with E-state index in [1.165, 1.54) is 29.2 Å². The minimum Gasteiger partial charge on any atom is -0.459 e. The van der Waals surface area contributed by atoms with Crippen molar-refractivity contribution < 1.29 is 33.4 Å². The van der Waals surface area contributed by atoms with E-state index >= 15 is 0 Å². The Balaban J connectivity index is 1.46. The Labute approximate surface area is 206 Å². The maximum atomic E-state index is 12.4. The van der Waals surface area contributed by atoms with Crippen molar-refractivity contribution >= 4 is 46.9 Å². The molecule has 1 atom stereocenters. The summed E-state index contributed by atoms with van der Waals surface area (Å²) < 4.78 is 10.1. The van der Waals surface area contributed by atoms with E-state index in [1.54, 1.807) is 38.1 Å². The zero-order valence-electron chi connectivity index (χ0n) is 19.1. The van der Waals surface area contributed by atoms with Crippen LogP contribution >= 0.6 is 11.6 Å². The molecule has 3 amide bonds. The minimum absolute atomic E-state index is 0.0718. The molecule has 0 aliphatic carbocycles. The lowest BCUT2D eigenvalue weighted by Crippen LogP contribution is -2.43.